The number of nitrogens with zero attached hydrogens (tertiary/aromatic N) is 7. The fraction of sp³-hybridized carbons (Fsp3) is 0.692. The van der Waals surface area contributed by atoms with Gasteiger partial charge in [0.2, 0.25) is 11.8 Å². The molecule has 0 unspecified atom stereocenters. The lowest BCUT2D eigenvalue weighted by atomic mass is 9.73. The molecule has 5 rings (SSSR count). The van der Waals surface area contributed by atoms with Gasteiger partial charge >= 0.3 is 5.97 Å². The highest BCUT2D eigenvalue weighted by molar-refractivity contribution is 8.03. The second-order valence-electron chi connectivity index (χ2n) is 12.2. The third-order valence-corrected chi connectivity index (χ3v) is 10.5. The third kappa shape index (κ3) is 6.73. The van der Waals surface area contributed by atoms with Crippen LogP contribution in [0.5, 0.6) is 0 Å². The number of carbonyl (C=O) groups is 5. The first-order valence-corrected chi connectivity index (χ1v) is 15.1. The number of piperazine rings is 1. The number of halogens is 1. The molecule has 5 heterocycles. The Morgan fingerprint density at radius 3 is 2.56 bits per heavy atom. The Balaban J connectivity index is 0.00000423. The van der Waals surface area contributed by atoms with Crippen molar-refractivity contribution in [3.05, 3.63) is 16.9 Å². The van der Waals surface area contributed by atoms with E-state index in [2.05, 4.69) is 20.8 Å². The standard InChI is InChI=1S/C26H37N9O6S.HI/c1-14(8-16(36)11-33-13-29-30-31-33)20-21-15(2)23(22(26(40)41)34(21)25(20)39)42-17-9-18(28-10-17)24(38)32-4-6-35(3,7-5-32)12-19(27)37;/h13-15,17-18,20-21,28H,4-12H2,1-3H3,(H2-,27,37,40,41);1H/t14-,15+,17-,18-,20+,21+;/m0./s1. The van der Waals surface area contributed by atoms with Crippen LogP contribution in [0.2, 0.25) is 0 Å². The van der Waals surface area contributed by atoms with E-state index in [1.54, 1.807) is 0 Å². The number of aromatic nitrogens is 4. The van der Waals surface area contributed by atoms with E-state index in [4.69, 9.17) is 5.73 Å². The van der Waals surface area contributed by atoms with Crippen LogP contribution in [0.3, 0.4) is 0 Å². The van der Waals surface area contributed by atoms with Crippen LogP contribution >= 0.6 is 11.8 Å². The van der Waals surface area contributed by atoms with E-state index in [0.717, 1.165) is 0 Å². The lowest BCUT2D eigenvalue weighted by Gasteiger charge is -2.47. The van der Waals surface area contributed by atoms with Gasteiger partial charge in [0.05, 0.1) is 51.2 Å². The molecule has 17 heteroatoms. The highest BCUT2D eigenvalue weighted by atomic mass is 127. The summed E-state index contributed by atoms with van der Waals surface area (Å²) < 4.78 is 1.85. The number of hydrogen-bond acceptors (Lipinski definition) is 10. The van der Waals surface area contributed by atoms with E-state index in [9.17, 15) is 29.1 Å². The zero-order valence-electron chi connectivity index (χ0n) is 24.4. The Bertz CT molecular complexity index is 1300. The van der Waals surface area contributed by atoms with Crippen molar-refractivity contribution in [1.82, 2.24) is 35.3 Å². The lowest BCUT2D eigenvalue weighted by Crippen LogP contribution is -3.00. The highest BCUT2D eigenvalue weighted by Gasteiger charge is 2.60. The number of ketones is 1. The first-order chi connectivity index (χ1) is 19.9. The average Bonchev–Trinajstić information content (AvgIpc) is 3.64. The van der Waals surface area contributed by atoms with Crippen LogP contribution in [-0.4, -0.2) is 133 Å². The molecule has 0 aliphatic carbocycles. The molecule has 236 valence electrons. The number of nitrogens with one attached hydrogen (secondary N) is 1. The molecule has 15 nitrogen and oxygen atoms in total. The molecule has 4 aliphatic rings. The molecule has 4 aliphatic heterocycles. The number of carbonyl (C=O) groups excluding carboxylic acids is 4. The van der Waals surface area contributed by atoms with Gasteiger partial charge in [-0.25, -0.2) is 9.48 Å². The van der Waals surface area contributed by atoms with Crippen molar-refractivity contribution >= 4 is 41.2 Å². The van der Waals surface area contributed by atoms with Crippen LogP contribution in [0.1, 0.15) is 26.7 Å². The number of tetrazole rings is 1. The number of Topliss-reactive ketones (excluding diaryl/α,β-unsaturated/α-hetero) is 1. The minimum absolute atomic E-state index is 0. The Kier molecular flexibility index (Phi) is 10.2. The molecular weight excluding hydrogens is 693 g/mol. The number of β-lactam (4-membered cyclic amide) rings is 1. The predicted octanol–water partition coefficient (Wildman–Crippen LogP) is -4.72. The molecule has 3 saturated heterocycles. The monoisotopic (exact) mass is 731 g/mol. The van der Waals surface area contributed by atoms with E-state index in [1.807, 2.05) is 25.8 Å². The maximum absolute atomic E-state index is 13.3. The lowest BCUT2D eigenvalue weighted by molar-refractivity contribution is -0.905. The number of primary amides is 1. The summed E-state index contributed by atoms with van der Waals surface area (Å²) in [6, 6.07) is -0.700. The Hall–Kier alpha value is -2.64. The summed E-state index contributed by atoms with van der Waals surface area (Å²) in [6.07, 6.45) is 2.06. The predicted molar refractivity (Wildman–Crippen MR) is 149 cm³/mol. The molecule has 0 bridgehead atoms. The van der Waals surface area contributed by atoms with Gasteiger partial charge in [-0.3, -0.25) is 19.2 Å². The molecule has 1 aromatic heterocycles. The Morgan fingerprint density at radius 1 is 1.26 bits per heavy atom. The van der Waals surface area contributed by atoms with E-state index in [-0.39, 0.29) is 102 Å². The first-order valence-electron chi connectivity index (χ1n) is 14.2. The zero-order chi connectivity index (χ0) is 30.3. The number of nitrogens with two attached hydrogens (primary N) is 1. The summed E-state index contributed by atoms with van der Waals surface area (Å²) in [5.41, 5.74) is 5.40. The van der Waals surface area contributed by atoms with Crippen LogP contribution in [0, 0.1) is 17.8 Å². The van der Waals surface area contributed by atoms with Gasteiger partial charge in [-0.05, 0) is 22.8 Å². The van der Waals surface area contributed by atoms with Gasteiger partial charge in [0.1, 0.15) is 18.6 Å². The fourth-order valence-electron chi connectivity index (χ4n) is 6.83. The van der Waals surface area contributed by atoms with Crippen LogP contribution in [0.15, 0.2) is 16.9 Å². The van der Waals surface area contributed by atoms with Gasteiger partial charge in [-0.1, -0.05) is 13.8 Å². The molecular formula is C26H38IN9O6S. The summed E-state index contributed by atoms with van der Waals surface area (Å²) in [5.74, 6) is -2.81. The number of thioether (sulfide) groups is 1. The van der Waals surface area contributed by atoms with Crippen LogP contribution in [-0.2, 0) is 30.5 Å². The van der Waals surface area contributed by atoms with Crippen molar-refractivity contribution in [2.24, 2.45) is 23.5 Å². The van der Waals surface area contributed by atoms with Gasteiger partial charge in [0.15, 0.2) is 12.3 Å². The summed E-state index contributed by atoms with van der Waals surface area (Å²) in [5, 5.41) is 24.1. The molecule has 3 fully saturated rings. The van der Waals surface area contributed by atoms with Gasteiger partial charge in [0.25, 0.3) is 5.91 Å². The number of rotatable bonds is 11. The van der Waals surface area contributed by atoms with E-state index < -0.39 is 11.9 Å². The summed E-state index contributed by atoms with van der Waals surface area (Å²) >= 11 is 1.44. The van der Waals surface area contributed by atoms with Gasteiger partial charge in [0, 0.05) is 29.0 Å². The molecule has 43 heavy (non-hydrogen) atoms. The van der Waals surface area contributed by atoms with Gasteiger partial charge in [-0.15, -0.1) is 16.9 Å². The van der Waals surface area contributed by atoms with Crippen LogP contribution in [0.25, 0.3) is 0 Å². The number of likely N-dealkylation sites (N-methyl/N-ethyl adjacent to an activating group) is 1. The molecule has 0 aromatic carbocycles. The molecule has 0 spiro atoms. The minimum atomic E-state index is -1.15. The van der Waals surface area contributed by atoms with Crippen molar-refractivity contribution in [3.63, 3.8) is 0 Å². The van der Waals surface area contributed by atoms with Crippen LogP contribution in [0.4, 0.5) is 0 Å². The van der Waals surface area contributed by atoms with E-state index in [0.29, 0.717) is 48.5 Å². The quantitative estimate of drug-likeness (QED) is 0.113. The number of fused-ring (bicyclic) bond motifs is 1. The average molecular weight is 732 g/mol. The second-order valence-corrected chi connectivity index (χ2v) is 13.6. The van der Waals surface area contributed by atoms with Crippen molar-refractivity contribution in [2.45, 2.75) is 50.6 Å². The molecule has 0 radical (unpaired) electrons. The topological polar surface area (TPSA) is 194 Å². The molecule has 6 atom stereocenters. The third-order valence-electron chi connectivity index (χ3n) is 9.03. The molecule has 4 N–H and O–H groups in total. The zero-order valence-corrected chi connectivity index (χ0v) is 27.4. The maximum Gasteiger partial charge on any atom is 0.353 e. The molecule has 1 aromatic rings. The number of amides is 3. The Labute approximate surface area is 270 Å². The highest BCUT2D eigenvalue weighted by Crippen LogP contribution is 2.53. The largest absolute Gasteiger partial charge is 1.00 e. The van der Waals surface area contributed by atoms with Gasteiger partial charge in [-0.2, -0.15) is 0 Å². The van der Waals surface area contributed by atoms with Crippen molar-refractivity contribution in [1.29, 1.82) is 0 Å². The summed E-state index contributed by atoms with van der Waals surface area (Å²) in [7, 11) is 1.97. The second kappa shape index (κ2) is 13.2. The minimum Gasteiger partial charge on any atom is -1.00 e. The smallest absolute Gasteiger partial charge is 0.353 e. The summed E-state index contributed by atoms with van der Waals surface area (Å²) in [6.45, 7) is 6.98. The van der Waals surface area contributed by atoms with Crippen LogP contribution < -0.4 is 35.0 Å². The maximum atomic E-state index is 13.3. The number of carboxylic acid groups (broad SMARTS) is 1. The number of carboxylic acids is 1. The normalized spacial score (nSPS) is 28.6. The van der Waals surface area contributed by atoms with E-state index >= 15 is 0 Å². The van der Waals surface area contributed by atoms with Crippen molar-refractivity contribution < 1.29 is 57.5 Å². The van der Waals surface area contributed by atoms with E-state index in [1.165, 1.54) is 27.7 Å². The number of aliphatic carboxylic acids is 1. The van der Waals surface area contributed by atoms with Crippen molar-refractivity contribution in [2.75, 3.05) is 46.3 Å². The van der Waals surface area contributed by atoms with Gasteiger partial charge < -0.3 is 54.4 Å². The van der Waals surface area contributed by atoms with Crippen molar-refractivity contribution in [3.8, 4) is 0 Å². The SMILES string of the molecule is C[C@@H](CC(=O)Cn1cnnn1)[C@H]1C(=O)N2C(C(=O)O)=C(S[C@@H]3CN[C@H](C(=O)N4CC[N+](C)(CC(N)=O)CC4)C3)[C@H](C)[C@H]12.[I-]. The summed E-state index contributed by atoms with van der Waals surface area (Å²) in [4.78, 5) is 66.7. The number of hydrogen-bond donors (Lipinski definition) is 3. The Morgan fingerprint density at radius 2 is 1.95 bits per heavy atom. The first kappa shape index (κ1) is 33.3. The fourth-order valence-corrected chi connectivity index (χ4v) is 8.31. The molecule has 0 saturated carbocycles. The number of quaternary nitrogens is 1. The molecule has 3 amide bonds.